The molecule has 1 aromatic carbocycles. The number of halogens is 1. The fourth-order valence-corrected chi connectivity index (χ4v) is 1.84. The summed E-state index contributed by atoms with van der Waals surface area (Å²) in [6.07, 6.45) is 0. The van der Waals surface area contributed by atoms with E-state index in [-0.39, 0.29) is 5.54 Å². The molecule has 4 heteroatoms. The quantitative estimate of drug-likeness (QED) is 0.923. The van der Waals surface area contributed by atoms with Crippen molar-refractivity contribution in [1.82, 2.24) is 0 Å². The third-order valence-corrected chi connectivity index (χ3v) is 2.57. The highest BCUT2D eigenvalue weighted by atomic mass is 79.9. The van der Waals surface area contributed by atoms with Crippen molar-refractivity contribution in [2.45, 2.75) is 19.4 Å². The van der Waals surface area contributed by atoms with Crippen LogP contribution in [-0.2, 0) is 4.74 Å². The van der Waals surface area contributed by atoms with Gasteiger partial charge in [0.1, 0.15) is 6.07 Å². The van der Waals surface area contributed by atoms with Crippen molar-refractivity contribution in [3.05, 3.63) is 28.2 Å². The minimum absolute atomic E-state index is 0.200. The van der Waals surface area contributed by atoms with E-state index in [1.165, 1.54) is 0 Å². The number of nitrogens with zero attached hydrogens (tertiary/aromatic N) is 1. The molecule has 1 N–H and O–H groups in total. The van der Waals surface area contributed by atoms with Crippen molar-refractivity contribution < 1.29 is 4.74 Å². The van der Waals surface area contributed by atoms with Gasteiger partial charge in [-0.3, -0.25) is 0 Å². The van der Waals surface area contributed by atoms with Gasteiger partial charge in [-0.15, -0.1) is 0 Å². The largest absolute Gasteiger partial charge is 0.382 e. The second-order valence-corrected chi connectivity index (χ2v) is 5.16. The van der Waals surface area contributed by atoms with Crippen LogP contribution in [0.4, 0.5) is 5.69 Å². The van der Waals surface area contributed by atoms with E-state index in [4.69, 9.17) is 10.00 Å². The monoisotopic (exact) mass is 282 g/mol. The zero-order valence-electron chi connectivity index (χ0n) is 9.67. The van der Waals surface area contributed by atoms with Crippen molar-refractivity contribution >= 4 is 21.6 Å². The highest BCUT2D eigenvalue weighted by Crippen LogP contribution is 2.23. The first kappa shape index (κ1) is 13.0. The van der Waals surface area contributed by atoms with Gasteiger partial charge in [0.15, 0.2) is 0 Å². The molecule has 0 aliphatic rings. The minimum Gasteiger partial charge on any atom is -0.382 e. The molecule has 0 amide bonds. The van der Waals surface area contributed by atoms with Crippen molar-refractivity contribution in [3.63, 3.8) is 0 Å². The predicted octanol–water partition coefficient (Wildman–Crippen LogP) is 3.16. The Bertz CT molecular complexity index is 410. The molecular formula is C12H15BrN2O. The number of anilines is 1. The number of ether oxygens (including phenoxy) is 1. The first-order valence-electron chi connectivity index (χ1n) is 4.95. The molecule has 86 valence electrons. The van der Waals surface area contributed by atoms with E-state index in [2.05, 4.69) is 27.3 Å². The fraction of sp³-hybridized carbons (Fsp3) is 0.417. The molecule has 0 unspecified atom stereocenters. The summed E-state index contributed by atoms with van der Waals surface area (Å²) >= 11 is 3.34. The lowest BCUT2D eigenvalue weighted by atomic mass is 10.1. The van der Waals surface area contributed by atoms with E-state index >= 15 is 0 Å². The summed E-state index contributed by atoms with van der Waals surface area (Å²) in [5.74, 6) is 0. The standard InChI is InChI=1S/C12H15BrN2O/c1-12(2,8-16-3)15-11-5-4-10(13)6-9(11)7-14/h4-6,15H,8H2,1-3H3. The lowest BCUT2D eigenvalue weighted by molar-refractivity contribution is 0.158. The number of benzene rings is 1. The molecule has 0 aliphatic carbocycles. The summed E-state index contributed by atoms with van der Waals surface area (Å²) in [7, 11) is 1.66. The molecule has 0 radical (unpaired) electrons. The van der Waals surface area contributed by atoms with Crippen LogP contribution in [0.25, 0.3) is 0 Å². The van der Waals surface area contributed by atoms with Gasteiger partial charge in [0.05, 0.1) is 23.4 Å². The van der Waals surface area contributed by atoms with E-state index in [9.17, 15) is 0 Å². The van der Waals surface area contributed by atoms with E-state index in [1.54, 1.807) is 13.2 Å². The average Bonchev–Trinajstić information content (AvgIpc) is 2.20. The van der Waals surface area contributed by atoms with Gasteiger partial charge in [0, 0.05) is 11.6 Å². The lowest BCUT2D eigenvalue weighted by Gasteiger charge is -2.27. The fourth-order valence-electron chi connectivity index (χ4n) is 1.48. The molecule has 0 atom stereocenters. The third kappa shape index (κ3) is 3.51. The van der Waals surface area contributed by atoms with Gasteiger partial charge >= 0.3 is 0 Å². The van der Waals surface area contributed by atoms with Crippen LogP contribution < -0.4 is 5.32 Å². The van der Waals surface area contributed by atoms with Crippen LogP contribution in [0.1, 0.15) is 19.4 Å². The maximum absolute atomic E-state index is 9.03. The highest BCUT2D eigenvalue weighted by Gasteiger charge is 2.18. The number of rotatable bonds is 4. The Morgan fingerprint density at radius 2 is 2.19 bits per heavy atom. The Balaban J connectivity index is 2.93. The number of hydrogen-bond donors (Lipinski definition) is 1. The summed E-state index contributed by atoms with van der Waals surface area (Å²) in [5.41, 5.74) is 1.25. The zero-order valence-corrected chi connectivity index (χ0v) is 11.3. The van der Waals surface area contributed by atoms with Crippen LogP contribution in [0.5, 0.6) is 0 Å². The lowest BCUT2D eigenvalue weighted by Crippen LogP contribution is -2.36. The Kier molecular flexibility index (Phi) is 4.34. The highest BCUT2D eigenvalue weighted by molar-refractivity contribution is 9.10. The average molecular weight is 283 g/mol. The molecule has 0 aromatic heterocycles. The smallest absolute Gasteiger partial charge is 0.101 e. The number of nitrogens with one attached hydrogen (secondary N) is 1. The Morgan fingerprint density at radius 1 is 1.50 bits per heavy atom. The van der Waals surface area contributed by atoms with Gasteiger partial charge in [-0.05, 0) is 32.0 Å². The second kappa shape index (κ2) is 5.33. The van der Waals surface area contributed by atoms with Crippen LogP contribution in [0.3, 0.4) is 0 Å². The van der Waals surface area contributed by atoms with Crippen LogP contribution in [0.2, 0.25) is 0 Å². The number of nitriles is 1. The van der Waals surface area contributed by atoms with Crippen molar-refractivity contribution in [1.29, 1.82) is 5.26 Å². The van der Waals surface area contributed by atoms with Gasteiger partial charge in [-0.2, -0.15) is 5.26 Å². The minimum atomic E-state index is -0.200. The molecule has 0 aliphatic heterocycles. The van der Waals surface area contributed by atoms with Crippen molar-refractivity contribution in [2.24, 2.45) is 0 Å². The SMILES string of the molecule is COCC(C)(C)Nc1ccc(Br)cc1C#N. The Morgan fingerprint density at radius 3 is 2.75 bits per heavy atom. The summed E-state index contributed by atoms with van der Waals surface area (Å²) in [5, 5.41) is 12.3. The summed E-state index contributed by atoms with van der Waals surface area (Å²) < 4.78 is 6.02. The summed E-state index contributed by atoms with van der Waals surface area (Å²) in [6.45, 7) is 4.63. The zero-order chi connectivity index (χ0) is 12.2. The first-order valence-corrected chi connectivity index (χ1v) is 5.74. The Labute approximate surface area is 105 Å². The van der Waals surface area contributed by atoms with Gasteiger partial charge in [0.2, 0.25) is 0 Å². The van der Waals surface area contributed by atoms with Crippen molar-refractivity contribution in [3.8, 4) is 6.07 Å². The molecule has 0 spiro atoms. The molecular weight excluding hydrogens is 268 g/mol. The molecule has 3 nitrogen and oxygen atoms in total. The van der Waals surface area contributed by atoms with Crippen molar-refractivity contribution in [2.75, 3.05) is 19.0 Å². The van der Waals surface area contributed by atoms with Crippen LogP contribution in [-0.4, -0.2) is 19.3 Å². The maximum atomic E-state index is 9.03. The van der Waals surface area contributed by atoms with E-state index < -0.39 is 0 Å². The summed E-state index contributed by atoms with van der Waals surface area (Å²) in [6, 6.07) is 7.76. The second-order valence-electron chi connectivity index (χ2n) is 4.24. The molecule has 16 heavy (non-hydrogen) atoms. The topological polar surface area (TPSA) is 45.0 Å². The molecule has 0 fully saturated rings. The van der Waals surface area contributed by atoms with Crippen LogP contribution >= 0.6 is 15.9 Å². The Hall–Kier alpha value is -1.05. The van der Waals surface area contributed by atoms with Gasteiger partial charge < -0.3 is 10.1 Å². The normalized spacial score (nSPS) is 10.9. The van der Waals surface area contributed by atoms with Crippen LogP contribution in [0.15, 0.2) is 22.7 Å². The number of methoxy groups -OCH3 is 1. The maximum Gasteiger partial charge on any atom is 0.101 e. The number of hydrogen-bond acceptors (Lipinski definition) is 3. The molecule has 0 saturated carbocycles. The molecule has 0 heterocycles. The predicted molar refractivity (Wildman–Crippen MR) is 68.4 cm³/mol. The third-order valence-electron chi connectivity index (χ3n) is 2.08. The van der Waals surface area contributed by atoms with Crippen LogP contribution in [0, 0.1) is 11.3 Å². The van der Waals surface area contributed by atoms with Gasteiger partial charge in [-0.1, -0.05) is 15.9 Å². The molecule has 1 rings (SSSR count). The molecule has 1 aromatic rings. The molecule has 0 saturated heterocycles. The van der Waals surface area contributed by atoms with Gasteiger partial charge in [-0.25, -0.2) is 0 Å². The van der Waals surface area contributed by atoms with E-state index in [0.717, 1.165) is 10.2 Å². The van der Waals surface area contributed by atoms with Gasteiger partial charge in [0.25, 0.3) is 0 Å². The van der Waals surface area contributed by atoms with E-state index in [1.807, 2.05) is 26.0 Å². The van der Waals surface area contributed by atoms with E-state index in [0.29, 0.717) is 12.2 Å². The summed E-state index contributed by atoms with van der Waals surface area (Å²) in [4.78, 5) is 0. The molecule has 0 bridgehead atoms. The first-order chi connectivity index (χ1) is 7.48.